The third kappa shape index (κ3) is 5.07. The van der Waals surface area contributed by atoms with E-state index >= 15 is 0 Å². The zero-order valence-corrected chi connectivity index (χ0v) is 23.6. The number of piperazine rings is 1. The molecule has 1 saturated heterocycles. The smallest absolute Gasteiger partial charge is 0.254 e. The van der Waals surface area contributed by atoms with E-state index < -0.39 is 0 Å². The number of aliphatic imine (C=N–C) groups is 1. The fraction of sp³-hybridized carbons (Fsp3) is 0.312. The van der Waals surface area contributed by atoms with Crippen molar-refractivity contribution in [2.75, 3.05) is 31.1 Å². The third-order valence-electron chi connectivity index (χ3n) is 7.79. The van der Waals surface area contributed by atoms with Crippen molar-refractivity contribution < 1.29 is 9.18 Å². The standard InChI is InChI=1S/C32H33FN6O/c1-20-16-21(2)30(26(33)17-20)35-23(4)22(3)31-36-27-11-10-24(18-29(27)37(31)5)32(40)39-14-12-38(13-15-39)28-9-7-6-8-25(28)19-34/h6-11,16-18,22H,12-15H2,1-5H3. The van der Waals surface area contributed by atoms with Gasteiger partial charge in [0.15, 0.2) is 0 Å². The van der Waals surface area contributed by atoms with Gasteiger partial charge >= 0.3 is 0 Å². The third-order valence-corrected chi connectivity index (χ3v) is 7.79. The monoisotopic (exact) mass is 536 g/mol. The Morgan fingerprint density at radius 1 is 1.07 bits per heavy atom. The average Bonchev–Trinajstić information content (AvgIpc) is 3.29. The van der Waals surface area contributed by atoms with Crippen molar-refractivity contribution in [2.24, 2.45) is 12.0 Å². The highest BCUT2D eigenvalue weighted by atomic mass is 19.1. The first kappa shape index (κ1) is 27.1. The summed E-state index contributed by atoms with van der Waals surface area (Å²) in [5, 5.41) is 9.44. The van der Waals surface area contributed by atoms with Crippen LogP contribution in [0, 0.1) is 31.0 Å². The van der Waals surface area contributed by atoms with E-state index in [1.165, 1.54) is 6.07 Å². The molecule has 1 amide bonds. The highest BCUT2D eigenvalue weighted by molar-refractivity contribution is 5.98. The molecule has 4 aromatic rings. The molecule has 0 bridgehead atoms. The number of hydrogen-bond acceptors (Lipinski definition) is 5. The molecule has 0 radical (unpaired) electrons. The van der Waals surface area contributed by atoms with E-state index in [2.05, 4.69) is 16.0 Å². The number of carbonyl (C=O) groups is 1. The van der Waals surface area contributed by atoms with E-state index in [4.69, 9.17) is 4.98 Å². The number of benzene rings is 3. The fourth-order valence-electron chi connectivity index (χ4n) is 5.42. The number of fused-ring (bicyclic) bond motifs is 1. The van der Waals surface area contributed by atoms with Crippen LogP contribution in [0.5, 0.6) is 0 Å². The summed E-state index contributed by atoms with van der Waals surface area (Å²) in [7, 11) is 1.94. The lowest BCUT2D eigenvalue weighted by Gasteiger charge is -2.36. The number of nitriles is 1. The highest BCUT2D eigenvalue weighted by Crippen LogP contribution is 2.29. The topological polar surface area (TPSA) is 77.5 Å². The van der Waals surface area contributed by atoms with Crippen LogP contribution in [-0.2, 0) is 7.05 Å². The number of rotatable bonds is 5. The number of nitrogens with zero attached hydrogens (tertiary/aromatic N) is 6. The van der Waals surface area contributed by atoms with Crippen molar-refractivity contribution in [3.8, 4) is 6.07 Å². The number of para-hydroxylation sites is 1. The Bertz CT molecular complexity index is 1650. The van der Waals surface area contributed by atoms with Crippen LogP contribution >= 0.6 is 0 Å². The van der Waals surface area contributed by atoms with Crippen LogP contribution in [-0.4, -0.2) is 52.2 Å². The minimum atomic E-state index is -0.327. The number of hydrogen-bond donors (Lipinski definition) is 0. The summed E-state index contributed by atoms with van der Waals surface area (Å²) >= 11 is 0. The summed E-state index contributed by atoms with van der Waals surface area (Å²) in [6.45, 7) is 10.1. The quantitative estimate of drug-likeness (QED) is 0.291. The zero-order valence-electron chi connectivity index (χ0n) is 23.6. The van der Waals surface area contributed by atoms with Gasteiger partial charge in [-0.15, -0.1) is 0 Å². The van der Waals surface area contributed by atoms with Crippen LogP contribution in [0.4, 0.5) is 15.8 Å². The second-order valence-corrected chi connectivity index (χ2v) is 10.5. The Morgan fingerprint density at radius 3 is 2.50 bits per heavy atom. The number of aryl methyl sites for hydroxylation is 3. The van der Waals surface area contributed by atoms with Crippen LogP contribution in [0.1, 0.15) is 52.6 Å². The molecule has 1 aliphatic rings. The van der Waals surface area contributed by atoms with E-state index in [-0.39, 0.29) is 17.6 Å². The minimum Gasteiger partial charge on any atom is -0.367 e. The van der Waals surface area contributed by atoms with Crippen molar-refractivity contribution in [1.82, 2.24) is 14.5 Å². The maximum atomic E-state index is 14.6. The summed E-state index contributed by atoms with van der Waals surface area (Å²) in [6.07, 6.45) is 0. The largest absolute Gasteiger partial charge is 0.367 e. The van der Waals surface area contributed by atoms with Crippen LogP contribution in [0.3, 0.4) is 0 Å². The molecule has 8 heteroatoms. The van der Waals surface area contributed by atoms with Crippen LogP contribution in [0.15, 0.2) is 59.6 Å². The summed E-state index contributed by atoms with van der Waals surface area (Å²) in [6, 6.07) is 18.9. The summed E-state index contributed by atoms with van der Waals surface area (Å²) in [4.78, 5) is 26.9. The molecule has 2 heterocycles. The van der Waals surface area contributed by atoms with Crippen LogP contribution in [0.2, 0.25) is 0 Å². The van der Waals surface area contributed by atoms with Gasteiger partial charge in [-0.25, -0.2) is 9.37 Å². The molecule has 1 aliphatic heterocycles. The van der Waals surface area contributed by atoms with Gasteiger partial charge < -0.3 is 14.4 Å². The molecule has 0 spiro atoms. The van der Waals surface area contributed by atoms with E-state index in [1.54, 1.807) is 0 Å². The number of carbonyl (C=O) groups excluding carboxylic acids is 1. The van der Waals surface area contributed by atoms with Crippen LogP contribution < -0.4 is 4.90 Å². The molecule has 40 heavy (non-hydrogen) atoms. The molecule has 1 unspecified atom stereocenters. The predicted molar refractivity (Wildman–Crippen MR) is 157 cm³/mol. The molecule has 3 aromatic carbocycles. The lowest BCUT2D eigenvalue weighted by molar-refractivity contribution is 0.0747. The summed E-state index contributed by atoms with van der Waals surface area (Å²) < 4.78 is 16.6. The molecule has 0 saturated carbocycles. The Balaban J connectivity index is 1.34. The van der Waals surface area contributed by atoms with Gasteiger partial charge in [0.05, 0.1) is 28.2 Å². The molecule has 1 fully saturated rings. The van der Waals surface area contributed by atoms with Gasteiger partial charge in [-0.1, -0.05) is 25.1 Å². The van der Waals surface area contributed by atoms with Gasteiger partial charge in [0.1, 0.15) is 23.4 Å². The van der Waals surface area contributed by atoms with Gasteiger partial charge in [-0.2, -0.15) is 5.26 Å². The first-order chi connectivity index (χ1) is 19.2. The molecule has 204 valence electrons. The Labute approximate surface area is 234 Å². The number of anilines is 1. The van der Waals surface area contributed by atoms with Gasteiger partial charge in [0.2, 0.25) is 0 Å². The van der Waals surface area contributed by atoms with Gasteiger partial charge in [0, 0.05) is 44.5 Å². The average molecular weight is 537 g/mol. The SMILES string of the molecule is CC(=Nc1c(C)cc(C)cc1F)C(C)c1nc2ccc(C(=O)N3CCN(c4ccccc4C#N)CC3)cc2n1C. The number of aromatic nitrogens is 2. The summed E-state index contributed by atoms with van der Waals surface area (Å²) in [5.41, 5.74) is 6.61. The van der Waals surface area contributed by atoms with Crippen molar-refractivity contribution in [3.05, 3.63) is 88.5 Å². The second-order valence-electron chi connectivity index (χ2n) is 10.5. The van der Waals surface area contributed by atoms with E-state index in [0.717, 1.165) is 39.4 Å². The highest BCUT2D eigenvalue weighted by Gasteiger charge is 2.25. The first-order valence-corrected chi connectivity index (χ1v) is 13.5. The normalized spacial score (nSPS) is 14.9. The van der Waals surface area contributed by atoms with E-state index in [1.807, 2.05) is 92.7 Å². The number of amides is 1. The molecule has 0 N–H and O–H groups in total. The first-order valence-electron chi connectivity index (χ1n) is 13.5. The van der Waals surface area contributed by atoms with E-state index in [0.29, 0.717) is 43.0 Å². The Morgan fingerprint density at radius 2 is 1.80 bits per heavy atom. The van der Waals surface area contributed by atoms with Gasteiger partial charge in [-0.05, 0) is 68.3 Å². The Hall–Kier alpha value is -4.51. The zero-order chi connectivity index (χ0) is 28.6. The number of imidazole rings is 1. The lowest BCUT2D eigenvalue weighted by Crippen LogP contribution is -2.49. The molecule has 1 atom stereocenters. The molecule has 1 aromatic heterocycles. The molecular weight excluding hydrogens is 503 g/mol. The van der Waals surface area contributed by atoms with Crippen molar-refractivity contribution in [3.63, 3.8) is 0 Å². The van der Waals surface area contributed by atoms with Gasteiger partial charge in [0.25, 0.3) is 5.91 Å². The predicted octanol–water partition coefficient (Wildman–Crippen LogP) is 6.06. The van der Waals surface area contributed by atoms with Crippen molar-refractivity contribution in [1.29, 1.82) is 5.26 Å². The maximum Gasteiger partial charge on any atom is 0.254 e. The lowest BCUT2D eigenvalue weighted by atomic mass is 10.1. The molecule has 5 rings (SSSR count). The minimum absolute atomic E-state index is 0.0195. The Kier molecular flexibility index (Phi) is 7.40. The molecular formula is C32H33FN6O. The van der Waals surface area contributed by atoms with E-state index in [9.17, 15) is 14.4 Å². The van der Waals surface area contributed by atoms with Crippen molar-refractivity contribution >= 4 is 34.0 Å². The van der Waals surface area contributed by atoms with Gasteiger partial charge in [-0.3, -0.25) is 9.79 Å². The fourth-order valence-corrected chi connectivity index (χ4v) is 5.42. The summed E-state index contributed by atoms with van der Waals surface area (Å²) in [5.74, 6) is 0.304. The second kappa shape index (κ2) is 10.9. The molecule has 0 aliphatic carbocycles. The molecule has 7 nitrogen and oxygen atoms in total. The van der Waals surface area contributed by atoms with Crippen LogP contribution in [0.25, 0.3) is 11.0 Å². The maximum absolute atomic E-state index is 14.6. The number of halogens is 1. The van der Waals surface area contributed by atoms with Crippen molar-refractivity contribution in [2.45, 2.75) is 33.6 Å².